The van der Waals surface area contributed by atoms with E-state index in [9.17, 15) is 15.0 Å². The molecule has 4 rings (SSSR count). The number of aryl methyl sites for hydroxylation is 1. The van der Waals surface area contributed by atoms with Gasteiger partial charge in [-0.3, -0.25) is 4.79 Å². The number of phenolic OH excluding ortho intramolecular Hbond substituents is 1. The average Bonchev–Trinajstić information content (AvgIpc) is 2.94. The first-order valence-corrected chi connectivity index (χ1v) is 10.7. The number of ether oxygens (including phenoxy) is 1. The number of carbonyl (C=O) groups is 1. The van der Waals surface area contributed by atoms with Gasteiger partial charge in [0, 0.05) is 18.1 Å². The van der Waals surface area contributed by atoms with Gasteiger partial charge in [-0.25, -0.2) is 0 Å². The van der Waals surface area contributed by atoms with Crippen molar-refractivity contribution < 1.29 is 19.7 Å². The number of hydrogen-bond donors (Lipinski definition) is 2. The number of hydrogen-bond acceptors (Lipinski definition) is 4. The topological polar surface area (TPSA) is 66.8 Å². The second kappa shape index (κ2) is 7.12. The van der Waals surface area contributed by atoms with E-state index in [1.165, 1.54) is 0 Å². The van der Waals surface area contributed by atoms with E-state index in [2.05, 4.69) is 13.8 Å². The lowest BCUT2D eigenvalue weighted by Crippen LogP contribution is -2.44. The summed E-state index contributed by atoms with van der Waals surface area (Å²) < 4.78 is 5.75. The number of rotatable bonds is 4. The van der Waals surface area contributed by atoms with Crippen LogP contribution in [0.4, 0.5) is 0 Å². The largest absolute Gasteiger partial charge is 0.508 e. The molecule has 148 valence electrons. The molecule has 3 aliphatic carbocycles. The Labute approximate surface area is 161 Å². The lowest BCUT2D eigenvalue weighted by molar-refractivity contribution is -0.134. The van der Waals surface area contributed by atoms with Gasteiger partial charge in [-0.05, 0) is 79.7 Å². The number of fused-ring (bicyclic) bond motifs is 5. The van der Waals surface area contributed by atoms with Crippen LogP contribution in [0.1, 0.15) is 82.3 Å². The Balaban J connectivity index is 1.66. The van der Waals surface area contributed by atoms with Gasteiger partial charge in [0.1, 0.15) is 11.5 Å². The van der Waals surface area contributed by atoms with Gasteiger partial charge in [-0.15, -0.1) is 0 Å². The molecule has 0 spiro atoms. The quantitative estimate of drug-likeness (QED) is 0.594. The van der Waals surface area contributed by atoms with Crippen molar-refractivity contribution in [2.75, 3.05) is 0 Å². The Bertz CT molecular complexity index is 727. The van der Waals surface area contributed by atoms with E-state index in [1.807, 2.05) is 6.07 Å². The highest BCUT2D eigenvalue weighted by Crippen LogP contribution is 2.62. The highest BCUT2D eigenvalue weighted by atomic mass is 16.5. The Kier molecular flexibility index (Phi) is 4.96. The second-order valence-electron chi connectivity index (χ2n) is 9.15. The molecule has 3 aliphatic rings. The maximum Gasteiger partial charge on any atom is 0.311 e. The van der Waals surface area contributed by atoms with Crippen molar-refractivity contribution in [2.45, 2.75) is 83.7 Å². The van der Waals surface area contributed by atoms with Crippen LogP contribution in [-0.4, -0.2) is 22.3 Å². The molecule has 2 N–H and O–H groups in total. The third-order valence-electron chi connectivity index (χ3n) is 7.68. The van der Waals surface area contributed by atoms with Crippen molar-refractivity contribution in [1.82, 2.24) is 0 Å². The predicted molar refractivity (Wildman–Crippen MR) is 104 cm³/mol. The first kappa shape index (κ1) is 18.8. The predicted octanol–water partition coefficient (Wildman–Crippen LogP) is 4.70. The lowest BCUT2D eigenvalue weighted by atomic mass is 9.55. The van der Waals surface area contributed by atoms with Gasteiger partial charge in [-0.1, -0.05) is 20.3 Å². The van der Waals surface area contributed by atoms with Crippen LogP contribution in [0, 0.1) is 17.3 Å². The Morgan fingerprint density at radius 1 is 1.26 bits per heavy atom. The van der Waals surface area contributed by atoms with E-state index >= 15 is 0 Å². The minimum absolute atomic E-state index is 0.0353. The molecule has 2 saturated carbocycles. The van der Waals surface area contributed by atoms with Gasteiger partial charge >= 0.3 is 5.97 Å². The fourth-order valence-electron chi connectivity index (χ4n) is 6.22. The first-order chi connectivity index (χ1) is 12.9. The number of aromatic hydroxyl groups is 1. The molecule has 0 bridgehead atoms. The molecular formula is C23H32O4. The molecule has 0 amide bonds. The molecule has 0 aliphatic heterocycles. The van der Waals surface area contributed by atoms with E-state index in [4.69, 9.17) is 4.74 Å². The number of benzene rings is 1. The van der Waals surface area contributed by atoms with Crippen LogP contribution >= 0.6 is 0 Å². The zero-order chi connectivity index (χ0) is 19.2. The molecule has 27 heavy (non-hydrogen) atoms. The molecule has 5 atom stereocenters. The highest BCUT2D eigenvalue weighted by molar-refractivity contribution is 5.73. The number of phenols is 1. The summed E-state index contributed by atoms with van der Waals surface area (Å²) in [6.45, 7) is 4.33. The molecule has 2 fully saturated rings. The number of unbranched alkanes of at least 4 members (excludes halogenated alkanes) is 1. The van der Waals surface area contributed by atoms with Crippen molar-refractivity contribution in [3.05, 3.63) is 23.3 Å². The van der Waals surface area contributed by atoms with Crippen LogP contribution in [0.3, 0.4) is 0 Å². The van der Waals surface area contributed by atoms with E-state index in [1.54, 1.807) is 6.07 Å². The Morgan fingerprint density at radius 3 is 2.85 bits per heavy atom. The summed E-state index contributed by atoms with van der Waals surface area (Å²) in [4.78, 5) is 12.3. The maximum absolute atomic E-state index is 12.3. The summed E-state index contributed by atoms with van der Waals surface area (Å²) >= 11 is 0. The number of carbonyl (C=O) groups excluding carboxylic acids is 1. The number of aliphatic hydroxyl groups excluding tert-OH is 1. The molecule has 0 radical (unpaired) electrons. The number of esters is 1. The maximum atomic E-state index is 12.3. The SMILES string of the molecule is CCCCC(=O)Oc1cc(O)cc2c1C1CCC3(C)C(O)CCC3C1CC2. The average molecular weight is 373 g/mol. The molecule has 0 heterocycles. The van der Waals surface area contributed by atoms with E-state index < -0.39 is 0 Å². The molecule has 4 heteroatoms. The first-order valence-electron chi connectivity index (χ1n) is 10.7. The molecule has 0 saturated heterocycles. The zero-order valence-electron chi connectivity index (χ0n) is 16.5. The van der Waals surface area contributed by atoms with E-state index in [0.29, 0.717) is 29.9 Å². The van der Waals surface area contributed by atoms with Crippen LogP contribution in [0.5, 0.6) is 11.5 Å². The summed E-state index contributed by atoms with van der Waals surface area (Å²) in [5, 5.41) is 20.7. The summed E-state index contributed by atoms with van der Waals surface area (Å²) in [7, 11) is 0. The van der Waals surface area contributed by atoms with E-state index in [-0.39, 0.29) is 23.2 Å². The summed E-state index contributed by atoms with van der Waals surface area (Å²) in [5.74, 6) is 1.99. The minimum atomic E-state index is -0.205. The molecular weight excluding hydrogens is 340 g/mol. The van der Waals surface area contributed by atoms with Crippen LogP contribution in [0.25, 0.3) is 0 Å². The molecule has 5 unspecified atom stereocenters. The van der Waals surface area contributed by atoms with Crippen molar-refractivity contribution in [2.24, 2.45) is 17.3 Å². The monoisotopic (exact) mass is 372 g/mol. The van der Waals surface area contributed by atoms with Crippen molar-refractivity contribution in [3.8, 4) is 11.5 Å². The van der Waals surface area contributed by atoms with Crippen molar-refractivity contribution in [3.63, 3.8) is 0 Å². The van der Waals surface area contributed by atoms with Gasteiger partial charge in [0.15, 0.2) is 0 Å². The normalized spacial score (nSPS) is 34.5. The van der Waals surface area contributed by atoms with Gasteiger partial charge in [0.2, 0.25) is 0 Å². The molecule has 1 aromatic rings. The van der Waals surface area contributed by atoms with Crippen LogP contribution in [-0.2, 0) is 11.2 Å². The smallest absolute Gasteiger partial charge is 0.311 e. The molecule has 1 aromatic carbocycles. The minimum Gasteiger partial charge on any atom is -0.508 e. The second-order valence-corrected chi connectivity index (χ2v) is 9.15. The lowest BCUT2D eigenvalue weighted by Gasteiger charge is -2.50. The fraction of sp³-hybridized carbons (Fsp3) is 0.696. The van der Waals surface area contributed by atoms with E-state index in [0.717, 1.165) is 62.5 Å². The van der Waals surface area contributed by atoms with Crippen LogP contribution in [0.2, 0.25) is 0 Å². The van der Waals surface area contributed by atoms with Crippen molar-refractivity contribution in [1.29, 1.82) is 0 Å². The third-order valence-corrected chi connectivity index (χ3v) is 7.68. The van der Waals surface area contributed by atoms with Gasteiger partial charge in [-0.2, -0.15) is 0 Å². The summed E-state index contributed by atoms with van der Waals surface area (Å²) in [6.07, 6.45) is 8.06. The standard InChI is InChI=1S/C23H32O4/c1-3-4-5-21(26)27-19-13-15(24)12-14-6-7-16-17(22(14)19)10-11-23(2)18(16)8-9-20(23)25/h12-13,16-18,20,24-25H,3-11H2,1-2H3. The molecule has 4 nitrogen and oxygen atoms in total. The van der Waals surface area contributed by atoms with Gasteiger partial charge in [0.05, 0.1) is 6.10 Å². The third kappa shape index (κ3) is 3.16. The fourth-order valence-corrected chi connectivity index (χ4v) is 6.22. The summed E-state index contributed by atoms with van der Waals surface area (Å²) in [5.41, 5.74) is 2.32. The van der Waals surface area contributed by atoms with Crippen LogP contribution < -0.4 is 4.74 Å². The molecule has 0 aromatic heterocycles. The van der Waals surface area contributed by atoms with Crippen molar-refractivity contribution >= 4 is 5.97 Å². The highest BCUT2D eigenvalue weighted by Gasteiger charge is 2.54. The number of aliphatic hydroxyl groups is 1. The van der Waals surface area contributed by atoms with Crippen LogP contribution in [0.15, 0.2) is 12.1 Å². The Morgan fingerprint density at radius 2 is 2.07 bits per heavy atom. The summed E-state index contributed by atoms with van der Waals surface area (Å²) in [6, 6.07) is 3.48. The van der Waals surface area contributed by atoms with Gasteiger partial charge in [0.25, 0.3) is 0 Å². The zero-order valence-corrected chi connectivity index (χ0v) is 16.5. The Hall–Kier alpha value is -1.55. The van der Waals surface area contributed by atoms with Gasteiger partial charge < -0.3 is 14.9 Å².